The lowest BCUT2D eigenvalue weighted by Crippen LogP contribution is -2.29. The van der Waals surface area contributed by atoms with Crippen molar-refractivity contribution in [1.82, 2.24) is 0 Å². The summed E-state index contributed by atoms with van der Waals surface area (Å²) in [6, 6.07) is 1.70. The molecular formula is C10H9NO2. The molecule has 0 saturated heterocycles. The van der Waals surface area contributed by atoms with Gasteiger partial charge in [0.1, 0.15) is 0 Å². The summed E-state index contributed by atoms with van der Waals surface area (Å²) in [5.74, 6) is 3.50. The van der Waals surface area contributed by atoms with Crippen LogP contribution < -0.4 is 0 Å². The topological polar surface area (TPSA) is 50.1 Å². The predicted molar refractivity (Wildman–Crippen MR) is 47.0 cm³/mol. The molecule has 66 valence electrons. The van der Waals surface area contributed by atoms with Crippen LogP contribution in [0.1, 0.15) is 13.3 Å². The number of carbonyl (C=O) groups excluding carboxylic acids is 1. The van der Waals surface area contributed by atoms with Gasteiger partial charge in [0.05, 0.1) is 12.7 Å². The fourth-order valence-corrected chi connectivity index (χ4v) is 0.707. The molecule has 0 rings (SSSR count). The van der Waals surface area contributed by atoms with Gasteiger partial charge in [0.2, 0.25) is 5.41 Å². The third kappa shape index (κ3) is 2.26. The number of hydrogen-bond donors (Lipinski definition) is 0. The zero-order valence-corrected chi connectivity index (χ0v) is 7.33. The normalized spacial score (nSPS) is 12.8. The van der Waals surface area contributed by atoms with E-state index in [0.29, 0.717) is 0 Å². The van der Waals surface area contributed by atoms with Crippen LogP contribution in [0, 0.1) is 41.4 Å². The molecule has 0 fully saturated rings. The number of terminal acetylenes is 2. The second-order valence-electron chi connectivity index (χ2n) is 2.26. The number of nitrogens with zero attached hydrogens (tertiary/aromatic N) is 1. The van der Waals surface area contributed by atoms with Crippen molar-refractivity contribution in [3.05, 3.63) is 0 Å². The van der Waals surface area contributed by atoms with E-state index < -0.39 is 11.4 Å². The lowest BCUT2D eigenvalue weighted by molar-refractivity contribution is -0.148. The summed E-state index contributed by atoms with van der Waals surface area (Å²) in [6.07, 6.45) is 9.94. The molecule has 0 radical (unpaired) electrons. The smallest absolute Gasteiger partial charge is 0.339 e. The molecule has 0 saturated carbocycles. The molecular weight excluding hydrogens is 166 g/mol. The molecule has 1 atom stereocenters. The fraction of sp³-hybridized carbons (Fsp3) is 0.400. The van der Waals surface area contributed by atoms with Crippen molar-refractivity contribution in [3.8, 4) is 30.8 Å². The minimum atomic E-state index is -1.62. The van der Waals surface area contributed by atoms with Crippen LogP contribution >= 0.6 is 0 Å². The summed E-state index contributed by atoms with van der Waals surface area (Å²) in [5.41, 5.74) is -1.62. The minimum Gasteiger partial charge on any atom is -0.464 e. The van der Waals surface area contributed by atoms with E-state index in [1.54, 1.807) is 13.0 Å². The van der Waals surface area contributed by atoms with Gasteiger partial charge >= 0.3 is 5.97 Å². The second kappa shape index (κ2) is 4.86. The van der Waals surface area contributed by atoms with Crippen molar-refractivity contribution in [1.29, 1.82) is 5.26 Å². The van der Waals surface area contributed by atoms with Crippen molar-refractivity contribution in [2.24, 2.45) is 5.41 Å². The Balaban J connectivity index is 4.83. The second-order valence-corrected chi connectivity index (χ2v) is 2.26. The number of carbonyl (C=O) groups is 1. The van der Waals surface area contributed by atoms with Crippen LogP contribution in [0.3, 0.4) is 0 Å². The number of ether oxygens (including phenoxy) is 1. The maximum Gasteiger partial charge on any atom is 0.339 e. The molecule has 0 bridgehead atoms. The lowest BCUT2D eigenvalue weighted by atomic mass is 9.88. The van der Waals surface area contributed by atoms with Gasteiger partial charge in [-0.05, 0) is 6.92 Å². The van der Waals surface area contributed by atoms with Crippen LogP contribution in [0.15, 0.2) is 0 Å². The third-order valence-electron chi connectivity index (χ3n) is 1.43. The Kier molecular flexibility index (Phi) is 4.14. The van der Waals surface area contributed by atoms with Gasteiger partial charge in [0.15, 0.2) is 0 Å². The molecule has 3 nitrogen and oxygen atoms in total. The van der Waals surface area contributed by atoms with Gasteiger partial charge in [0, 0.05) is 6.42 Å². The summed E-state index contributed by atoms with van der Waals surface area (Å²) in [4.78, 5) is 11.2. The van der Waals surface area contributed by atoms with Gasteiger partial charge in [-0.15, -0.1) is 18.8 Å². The SMILES string of the molecule is C#CCC(C#C)(C#N)C(=O)OCC. The summed E-state index contributed by atoms with van der Waals surface area (Å²) in [6.45, 7) is 1.81. The average Bonchev–Trinajstić information content (AvgIpc) is 2.14. The highest BCUT2D eigenvalue weighted by molar-refractivity contribution is 5.84. The molecule has 0 aliphatic carbocycles. The van der Waals surface area contributed by atoms with Gasteiger partial charge < -0.3 is 4.74 Å². The Hall–Kier alpha value is -1.92. The van der Waals surface area contributed by atoms with E-state index in [0.717, 1.165) is 0 Å². The fourth-order valence-electron chi connectivity index (χ4n) is 0.707. The van der Waals surface area contributed by atoms with Crippen LogP contribution in [0.25, 0.3) is 0 Å². The van der Waals surface area contributed by atoms with E-state index in [-0.39, 0.29) is 13.0 Å². The van der Waals surface area contributed by atoms with Crippen molar-refractivity contribution >= 4 is 5.97 Å². The van der Waals surface area contributed by atoms with Crippen LogP contribution in [0.4, 0.5) is 0 Å². The maximum absolute atomic E-state index is 11.2. The lowest BCUT2D eigenvalue weighted by Gasteiger charge is -2.14. The zero-order chi connectivity index (χ0) is 10.3. The largest absolute Gasteiger partial charge is 0.464 e. The molecule has 0 amide bonds. The van der Waals surface area contributed by atoms with E-state index in [1.165, 1.54) is 0 Å². The van der Waals surface area contributed by atoms with Crippen LogP contribution in [-0.2, 0) is 9.53 Å². The Bertz CT molecular complexity index is 297. The minimum absolute atomic E-state index is 0.126. The summed E-state index contributed by atoms with van der Waals surface area (Å²) < 4.78 is 4.64. The van der Waals surface area contributed by atoms with Crippen LogP contribution in [-0.4, -0.2) is 12.6 Å². The predicted octanol–water partition coefficient (Wildman–Crippen LogP) is 0.716. The number of esters is 1. The molecule has 0 aromatic rings. The molecule has 0 spiro atoms. The zero-order valence-electron chi connectivity index (χ0n) is 7.33. The molecule has 0 aromatic carbocycles. The van der Waals surface area contributed by atoms with E-state index in [1.807, 2.05) is 0 Å². The van der Waals surface area contributed by atoms with Gasteiger partial charge in [0.25, 0.3) is 0 Å². The van der Waals surface area contributed by atoms with Crippen molar-refractivity contribution < 1.29 is 9.53 Å². The van der Waals surface area contributed by atoms with E-state index in [2.05, 4.69) is 16.6 Å². The first-order valence-electron chi connectivity index (χ1n) is 3.66. The van der Waals surface area contributed by atoms with Gasteiger partial charge in [-0.2, -0.15) is 5.26 Å². The van der Waals surface area contributed by atoms with E-state index in [4.69, 9.17) is 18.1 Å². The Morgan fingerprint density at radius 1 is 1.62 bits per heavy atom. The summed E-state index contributed by atoms with van der Waals surface area (Å²) >= 11 is 0. The first kappa shape index (κ1) is 11.1. The van der Waals surface area contributed by atoms with Crippen molar-refractivity contribution in [3.63, 3.8) is 0 Å². The van der Waals surface area contributed by atoms with Gasteiger partial charge in [-0.3, -0.25) is 0 Å². The molecule has 0 N–H and O–H groups in total. The molecule has 1 unspecified atom stereocenters. The highest BCUT2D eigenvalue weighted by Gasteiger charge is 2.37. The molecule has 0 aliphatic heterocycles. The standard InChI is InChI=1S/C10H9NO2/c1-4-7-10(5-2,8-11)9(12)13-6-3/h1-2H,6-7H2,3H3. The molecule has 3 heteroatoms. The van der Waals surface area contributed by atoms with Gasteiger partial charge in [-0.1, -0.05) is 5.92 Å². The van der Waals surface area contributed by atoms with E-state index in [9.17, 15) is 4.79 Å². The summed E-state index contributed by atoms with van der Waals surface area (Å²) in [7, 11) is 0. The first-order valence-corrected chi connectivity index (χ1v) is 3.66. The van der Waals surface area contributed by atoms with Crippen molar-refractivity contribution in [2.45, 2.75) is 13.3 Å². The highest BCUT2D eigenvalue weighted by atomic mass is 16.5. The van der Waals surface area contributed by atoms with Crippen LogP contribution in [0.2, 0.25) is 0 Å². The summed E-state index contributed by atoms with van der Waals surface area (Å²) in [5, 5.41) is 8.72. The average molecular weight is 175 g/mol. The monoisotopic (exact) mass is 175 g/mol. The number of nitriles is 1. The molecule has 0 aromatic heterocycles. The van der Waals surface area contributed by atoms with Crippen molar-refractivity contribution in [2.75, 3.05) is 6.61 Å². The Labute approximate surface area is 77.7 Å². The molecule has 0 heterocycles. The Morgan fingerprint density at radius 2 is 2.23 bits per heavy atom. The Morgan fingerprint density at radius 3 is 2.54 bits per heavy atom. The number of rotatable bonds is 3. The highest BCUT2D eigenvalue weighted by Crippen LogP contribution is 2.21. The number of hydrogen-bond acceptors (Lipinski definition) is 3. The quantitative estimate of drug-likeness (QED) is 0.469. The first-order chi connectivity index (χ1) is 6.16. The van der Waals surface area contributed by atoms with Crippen LogP contribution in [0.5, 0.6) is 0 Å². The molecule has 0 aliphatic rings. The third-order valence-corrected chi connectivity index (χ3v) is 1.43. The molecule has 13 heavy (non-hydrogen) atoms. The van der Waals surface area contributed by atoms with E-state index >= 15 is 0 Å². The maximum atomic E-state index is 11.2. The van der Waals surface area contributed by atoms with Gasteiger partial charge in [-0.25, -0.2) is 4.79 Å².